The van der Waals surface area contributed by atoms with E-state index in [0.29, 0.717) is 16.7 Å². The summed E-state index contributed by atoms with van der Waals surface area (Å²) in [4.78, 5) is 0.398. The first-order chi connectivity index (χ1) is 7.36. The molecule has 1 aromatic rings. The Kier molecular flexibility index (Phi) is 4.14. The Morgan fingerprint density at radius 2 is 1.62 bits per heavy atom. The van der Waals surface area contributed by atoms with E-state index in [1.807, 2.05) is 12.1 Å². The van der Waals surface area contributed by atoms with Gasteiger partial charge in [0.05, 0.1) is 4.90 Å². The molecule has 0 aliphatic carbocycles. The molecule has 3 heteroatoms. The highest BCUT2D eigenvalue weighted by Crippen LogP contribution is 2.28. The van der Waals surface area contributed by atoms with E-state index < -0.39 is 9.84 Å². The van der Waals surface area contributed by atoms with E-state index in [2.05, 4.69) is 20.8 Å². The van der Waals surface area contributed by atoms with Crippen LogP contribution >= 0.6 is 0 Å². The molecule has 1 atom stereocenters. The minimum atomic E-state index is -3.07. The summed E-state index contributed by atoms with van der Waals surface area (Å²) in [5, 5.41) is 0. The van der Waals surface area contributed by atoms with Crippen LogP contribution in [0.2, 0.25) is 0 Å². The van der Waals surface area contributed by atoms with Crippen LogP contribution in [-0.4, -0.2) is 14.7 Å². The van der Waals surface area contributed by atoms with Gasteiger partial charge in [0, 0.05) is 6.26 Å². The summed E-state index contributed by atoms with van der Waals surface area (Å²) in [6, 6.07) is 7.28. The largest absolute Gasteiger partial charge is 0.224 e. The van der Waals surface area contributed by atoms with Gasteiger partial charge in [-0.1, -0.05) is 32.9 Å². The number of hydrogen-bond donors (Lipinski definition) is 0. The molecule has 0 N–H and O–H groups in total. The standard InChI is InChI=1S/C13H20O2S/c1-5-13(10(2)3)11-6-8-12(9-7-11)16(4,14)15/h6-10,13H,5H2,1-4H3. The smallest absolute Gasteiger partial charge is 0.175 e. The lowest BCUT2D eigenvalue weighted by atomic mass is 9.86. The lowest BCUT2D eigenvalue weighted by Crippen LogP contribution is -2.06. The van der Waals surface area contributed by atoms with E-state index in [0.717, 1.165) is 6.42 Å². The van der Waals surface area contributed by atoms with Crippen molar-refractivity contribution in [2.45, 2.75) is 38.0 Å². The molecule has 0 saturated heterocycles. The highest BCUT2D eigenvalue weighted by molar-refractivity contribution is 7.90. The molecule has 1 aromatic carbocycles. The molecule has 0 aliphatic heterocycles. The van der Waals surface area contributed by atoms with E-state index >= 15 is 0 Å². The molecule has 0 bridgehead atoms. The lowest BCUT2D eigenvalue weighted by molar-refractivity contribution is 0.485. The number of benzene rings is 1. The first-order valence-corrected chi connectivity index (χ1v) is 7.55. The van der Waals surface area contributed by atoms with Crippen molar-refractivity contribution in [3.8, 4) is 0 Å². The van der Waals surface area contributed by atoms with Gasteiger partial charge >= 0.3 is 0 Å². The van der Waals surface area contributed by atoms with Crippen molar-refractivity contribution >= 4 is 9.84 Å². The van der Waals surface area contributed by atoms with Gasteiger partial charge in [0.2, 0.25) is 0 Å². The number of sulfone groups is 1. The minimum absolute atomic E-state index is 0.398. The van der Waals surface area contributed by atoms with Gasteiger partial charge < -0.3 is 0 Å². The Balaban J connectivity index is 3.03. The lowest BCUT2D eigenvalue weighted by Gasteiger charge is -2.19. The summed E-state index contributed by atoms with van der Waals surface area (Å²) in [7, 11) is -3.07. The van der Waals surface area contributed by atoms with Crippen LogP contribution in [0.25, 0.3) is 0 Å². The van der Waals surface area contributed by atoms with E-state index in [4.69, 9.17) is 0 Å². The molecular formula is C13H20O2S. The zero-order valence-electron chi connectivity index (χ0n) is 10.4. The molecule has 0 aliphatic rings. The third kappa shape index (κ3) is 3.08. The predicted octanol–water partition coefficient (Wildman–Crippen LogP) is 3.24. The Morgan fingerprint density at radius 3 is 1.94 bits per heavy atom. The fraction of sp³-hybridized carbons (Fsp3) is 0.538. The van der Waals surface area contributed by atoms with Crippen molar-refractivity contribution < 1.29 is 8.42 Å². The molecule has 0 spiro atoms. The molecular weight excluding hydrogens is 220 g/mol. The summed E-state index contributed by atoms with van der Waals surface area (Å²) in [6.45, 7) is 6.55. The maximum atomic E-state index is 11.3. The third-order valence-corrected chi connectivity index (χ3v) is 4.11. The van der Waals surface area contributed by atoms with E-state index in [1.165, 1.54) is 11.8 Å². The Labute approximate surface area is 98.6 Å². The van der Waals surface area contributed by atoms with Crippen molar-refractivity contribution in [1.29, 1.82) is 0 Å². The van der Waals surface area contributed by atoms with Crippen LogP contribution in [0.5, 0.6) is 0 Å². The van der Waals surface area contributed by atoms with Gasteiger partial charge in [0.1, 0.15) is 0 Å². The first-order valence-electron chi connectivity index (χ1n) is 5.66. The fourth-order valence-electron chi connectivity index (χ4n) is 2.05. The average Bonchev–Trinajstić information content (AvgIpc) is 2.17. The van der Waals surface area contributed by atoms with Crippen molar-refractivity contribution in [2.24, 2.45) is 5.92 Å². The van der Waals surface area contributed by atoms with E-state index in [9.17, 15) is 8.42 Å². The molecule has 0 heterocycles. The second kappa shape index (κ2) is 5.00. The molecule has 0 fully saturated rings. The topological polar surface area (TPSA) is 34.1 Å². The summed E-state index contributed by atoms with van der Waals surface area (Å²) in [5.74, 6) is 1.09. The Bertz CT molecular complexity index is 430. The van der Waals surface area contributed by atoms with Crippen LogP contribution in [0.4, 0.5) is 0 Å². The maximum absolute atomic E-state index is 11.3. The molecule has 2 nitrogen and oxygen atoms in total. The summed E-state index contributed by atoms with van der Waals surface area (Å²) < 4.78 is 22.6. The molecule has 16 heavy (non-hydrogen) atoms. The number of rotatable bonds is 4. The van der Waals surface area contributed by atoms with Crippen molar-refractivity contribution in [3.05, 3.63) is 29.8 Å². The molecule has 90 valence electrons. The van der Waals surface area contributed by atoms with Gasteiger partial charge in [-0.3, -0.25) is 0 Å². The number of hydrogen-bond acceptors (Lipinski definition) is 2. The monoisotopic (exact) mass is 240 g/mol. The Morgan fingerprint density at radius 1 is 1.12 bits per heavy atom. The SMILES string of the molecule is CCC(c1ccc(S(C)(=O)=O)cc1)C(C)C. The normalized spacial score (nSPS) is 14.1. The molecule has 0 aromatic heterocycles. The van der Waals surface area contributed by atoms with E-state index in [1.54, 1.807) is 12.1 Å². The molecule has 0 radical (unpaired) electrons. The molecule has 1 rings (SSSR count). The minimum Gasteiger partial charge on any atom is -0.224 e. The van der Waals surface area contributed by atoms with Gasteiger partial charge in [0.15, 0.2) is 9.84 Å². The van der Waals surface area contributed by atoms with E-state index in [-0.39, 0.29) is 0 Å². The van der Waals surface area contributed by atoms with Gasteiger partial charge in [-0.25, -0.2) is 8.42 Å². The molecule has 0 amide bonds. The van der Waals surface area contributed by atoms with Crippen LogP contribution in [0.15, 0.2) is 29.2 Å². The second-order valence-corrected chi connectivity index (χ2v) is 6.62. The molecule has 1 unspecified atom stereocenters. The Hall–Kier alpha value is -0.830. The van der Waals surface area contributed by atoms with Crippen molar-refractivity contribution in [3.63, 3.8) is 0 Å². The van der Waals surface area contributed by atoms with Crippen molar-refractivity contribution in [1.82, 2.24) is 0 Å². The second-order valence-electron chi connectivity index (χ2n) is 4.60. The van der Waals surface area contributed by atoms with Gasteiger partial charge in [-0.2, -0.15) is 0 Å². The third-order valence-electron chi connectivity index (χ3n) is 2.98. The van der Waals surface area contributed by atoms with Crippen molar-refractivity contribution in [2.75, 3.05) is 6.26 Å². The van der Waals surface area contributed by atoms with Crippen LogP contribution < -0.4 is 0 Å². The van der Waals surface area contributed by atoms with Gasteiger partial charge in [-0.15, -0.1) is 0 Å². The summed E-state index contributed by atoms with van der Waals surface area (Å²) in [5.41, 5.74) is 1.23. The summed E-state index contributed by atoms with van der Waals surface area (Å²) >= 11 is 0. The summed E-state index contributed by atoms with van der Waals surface area (Å²) in [6.07, 6.45) is 2.32. The predicted molar refractivity (Wildman–Crippen MR) is 67.4 cm³/mol. The zero-order valence-corrected chi connectivity index (χ0v) is 11.2. The zero-order chi connectivity index (χ0) is 12.3. The molecule has 0 saturated carbocycles. The van der Waals surface area contributed by atoms with Crippen LogP contribution in [0.1, 0.15) is 38.7 Å². The average molecular weight is 240 g/mol. The quantitative estimate of drug-likeness (QED) is 0.809. The van der Waals surface area contributed by atoms with Gasteiger partial charge in [-0.05, 0) is 36.0 Å². The first kappa shape index (κ1) is 13.2. The highest BCUT2D eigenvalue weighted by atomic mass is 32.2. The van der Waals surface area contributed by atoms with Crippen LogP contribution in [0, 0.1) is 5.92 Å². The highest BCUT2D eigenvalue weighted by Gasteiger charge is 2.14. The maximum Gasteiger partial charge on any atom is 0.175 e. The van der Waals surface area contributed by atoms with Crippen LogP contribution in [0.3, 0.4) is 0 Å². The van der Waals surface area contributed by atoms with Gasteiger partial charge in [0.25, 0.3) is 0 Å². The fourth-order valence-corrected chi connectivity index (χ4v) is 2.68. The van der Waals surface area contributed by atoms with Crippen LogP contribution in [-0.2, 0) is 9.84 Å².